The van der Waals surface area contributed by atoms with E-state index in [1.54, 1.807) is 12.1 Å². The highest BCUT2D eigenvalue weighted by Gasteiger charge is 2.02. The number of hydrogen-bond donors (Lipinski definition) is 2. The number of rotatable bonds is 3. The highest BCUT2D eigenvalue weighted by molar-refractivity contribution is 7.80. The molecule has 6 heteroatoms. The Labute approximate surface area is 100 Å². The molecular formula is C11H10N2O3S. The number of hydrogen-bond acceptors (Lipinski definition) is 2. The Morgan fingerprint density at radius 1 is 1.12 bits per heavy atom. The second kappa shape index (κ2) is 4.94. The third-order valence-electron chi connectivity index (χ3n) is 2.15. The molecule has 17 heavy (non-hydrogen) atoms. The van der Waals surface area contributed by atoms with Gasteiger partial charge in [-0.2, -0.15) is 0 Å². The van der Waals surface area contributed by atoms with Crippen LogP contribution in [0.5, 0.6) is 0 Å². The number of para-hydroxylation sites is 1. The van der Waals surface area contributed by atoms with Crippen LogP contribution in [0.25, 0.3) is 5.69 Å². The fourth-order valence-corrected chi connectivity index (χ4v) is 1.76. The first-order valence-corrected chi connectivity index (χ1v) is 5.93. The van der Waals surface area contributed by atoms with Crippen molar-refractivity contribution in [3.05, 3.63) is 59.0 Å². The lowest BCUT2D eigenvalue weighted by atomic mass is 10.3. The quantitative estimate of drug-likeness (QED) is 0.808. The maximum atomic E-state index is 11.7. The molecule has 0 aliphatic rings. The van der Waals surface area contributed by atoms with Gasteiger partial charge in [-0.3, -0.25) is 18.6 Å². The first-order chi connectivity index (χ1) is 8.16. The van der Waals surface area contributed by atoms with Crippen molar-refractivity contribution < 1.29 is 8.76 Å². The lowest BCUT2D eigenvalue weighted by Gasteiger charge is -2.07. The predicted molar refractivity (Wildman–Crippen MR) is 66.4 cm³/mol. The van der Waals surface area contributed by atoms with Gasteiger partial charge in [-0.1, -0.05) is 18.2 Å². The van der Waals surface area contributed by atoms with Crippen LogP contribution in [0.3, 0.4) is 0 Å². The molecule has 2 aromatic rings. The van der Waals surface area contributed by atoms with E-state index in [0.717, 1.165) is 0 Å². The molecule has 2 rings (SSSR count). The zero-order valence-corrected chi connectivity index (χ0v) is 9.55. The highest BCUT2D eigenvalue weighted by Crippen LogP contribution is 2.09. The van der Waals surface area contributed by atoms with E-state index >= 15 is 0 Å². The number of benzene rings is 1. The molecule has 1 aromatic carbocycles. The summed E-state index contributed by atoms with van der Waals surface area (Å²) in [6.45, 7) is 0. The number of pyridine rings is 1. The average molecular weight is 250 g/mol. The van der Waals surface area contributed by atoms with E-state index in [1.165, 1.54) is 22.9 Å². The van der Waals surface area contributed by atoms with Crippen molar-refractivity contribution in [2.45, 2.75) is 0 Å². The van der Waals surface area contributed by atoms with Gasteiger partial charge in [0.1, 0.15) is 0 Å². The van der Waals surface area contributed by atoms with E-state index in [2.05, 4.69) is 4.72 Å². The summed E-state index contributed by atoms with van der Waals surface area (Å²) in [5.74, 6) is 0. The second-order valence-corrected chi connectivity index (χ2v) is 4.02. The Hall–Kier alpha value is -1.92. The largest absolute Gasteiger partial charge is 0.289 e. The van der Waals surface area contributed by atoms with E-state index in [4.69, 9.17) is 4.55 Å². The summed E-state index contributed by atoms with van der Waals surface area (Å²) in [4.78, 5) is 11.7. The summed E-state index contributed by atoms with van der Waals surface area (Å²) in [6.07, 6.45) is 1.48. The summed E-state index contributed by atoms with van der Waals surface area (Å²) in [5.41, 5.74) is 0.893. The molecule has 5 nitrogen and oxygen atoms in total. The Morgan fingerprint density at radius 2 is 1.82 bits per heavy atom. The molecule has 0 fully saturated rings. The zero-order valence-electron chi connectivity index (χ0n) is 8.74. The highest BCUT2D eigenvalue weighted by atomic mass is 32.2. The summed E-state index contributed by atoms with van der Waals surface area (Å²) >= 11 is -2.15. The van der Waals surface area contributed by atoms with Crippen molar-refractivity contribution in [2.75, 3.05) is 4.72 Å². The summed E-state index contributed by atoms with van der Waals surface area (Å²) in [5, 5.41) is 0. The molecule has 0 radical (unpaired) electrons. The van der Waals surface area contributed by atoms with Crippen molar-refractivity contribution in [1.29, 1.82) is 0 Å². The fraction of sp³-hybridized carbons (Fsp3) is 0. The van der Waals surface area contributed by atoms with Gasteiger partial charge in [0, 0.05) is 18.0 Å². The maximum Gasteiger partial charge on any atom is 0.259 e. The molecule has 1 aromatic heterocycles. The molecule has 1 unspecified atom stereocenters. The summed E-state index contributed by atoms with van der Waals surface area (Å²) < 4.78 is 23.0. The maximum absolute atomic E-state index is 11.7. The van der Waals surface area contributed by atoms with Crippen LogP contribution in [0.15, 0.2) is 53.5 Å². The Balaban J connectivity index is 2.47. The van der Waals surface area contributed by atoms with Crippen LogP contribution in [-0.4, -0.2) is 13.3 Å². The first kappa shape index (κ1) is 11.6. The number of nitrogens with one attached hydrogen (secondary N) is 1. The first-order valence-electron chi connectivity index (χ1n) is 4.82. The van der Waals surface area contributed by atoms with Crippen molar-refractivity contribution >= 4 is 17.0 Å². The fourth-order valence-electron chi connectivity index (χ4n) is 1.44. The third kappa shape index (κ3) is 2.80. The topological polar surface area (TPSA) is 71.3 Å². The van der Waals surface area contributed by atoms with Gasteiger partial charge < -0.3 is 0 Å². The average Bonchev–Trinajstić information content (AvgIpc) is 2.32. The van der Waals surface area contributed by atoms with Gasteiger partial charge in [0.25, 0.3) is 16.8 Å². The molecule has 0 aliphatic carbocycles. The SMILES string of the molecule is O=c1ccc(NS(=O)O)cn1-c1ccccc1. The van der Waals surface area contributed by atoms with Gasteiger partial charge >= 0.3 is 0 Å². The molecule has 0 spiro atoms. The normalized spacial score (nSPS) is 12.1. The second-order valence-electron chi connectivity index (χ2n) is 3.31. The summed E-state index contributed by atoms with van der Waals surface area (Å²) in [7, 11) is 0. The standard InChI is InChI=1S/C11H10N2O3S/c14-11-7-6-9(12-17(15)16)8-13(11)10-4-2-1-3-5-10/h1-8,12H,(H,15,16). The number of anilines is 1. The molecule has 0 saturated heterocycles. The molecule has 0 bridgehead atoms. The third-order valence-corrected chi connectivity index (χ3v) is 2.56. The molecule has 88 valence electrons. The van der Waals surface area contributed by atoms with Crippen LogP contribution in [0.1, 0.15) is 0 Å². The monoisotopic (exact) mass is 250 g/mol. The van der Waals surface area contributed by atoms with Gasteiger partial charge in [-0.25, -0.2) is 4.21 Å². The van der Waals surface area contributed by atoms with Crippen LogP contribution in [0, 0.1) is 0 Å². The van der Waals surface area contributed by atoms with Crippen LogP contribution in [0.4, 0.5) is 5.69 Å². The van der Waals surface area contributed by atoms with E-state index in [1.807, 2.05) is 18.2 Å². The van der Waals surface area contributed by atoms with Crippen molar-refractivity contribution in [2.24, 2.45) is 0 Å². The number of aromatic nitrogens is 1. The lowest BCUT2D eigenvalue weighted by Crippen LogP contribution is -2.17. The molecule has 0 aliphatic heterocycles. The number of nitrogens with zero attached hydrogens (tertiary/aromatic N) is 1. The Kier molecular flexibility index (Phi) is 3.36. The van der Waals surface area contributed by atoms with Crippen LogP contribution in [-0.2, 0) is 11.3 Å². The minimum atomic E-state index is -2.15. The van der Waals surface area contributed by atoms with Gasteiger partial charge in [0.15, 0.2) is 0 Å². The molecule has 2 N–H and O–H groups in total. The van der Waals surface area contributed by atoms with Crippen LogP contribution < -0.4 is 10.3 Å². The van der Waals surface area contributed by atoms with Crippen molar-refractivity contribution in [3.63, 3.8) is 0 Å². The van der Waals surface area contributed by atoms with E-state index in [-0.39, 0.29) is 5.56 Å². The van der Waals surface area contributed by atoms with Gasteiger partial charge in [0.2, 0.25) is 0 Å². The Bertz CT molecular complexity index is 595. The van der Waals surface area contributed by atoms with Gasteiger partial charge in [-0.15, -0.1) is 0 Å². The van der Waals surface area contributed by atoms with Crippen molar-refractivity contribution in [1.82, 2.24) is 4.57 Å². The van der Waals surface area contributed by atoms with Crippen LogP contribution in [0.2, 0.25) is 0 Å². The summed E-state index contributed by atoms with van der Waals surface area (Å²) in [6, 6.07) is 11.8. The molecular weight excluding hydrogens is 240 g/mol. The van der Waals surface area contributed by atoms with Gasteiger partial charge in [-0.05, 0) is 18.2 Å². The molecule has 0 saturated carbocycles. The minimum Gasteiger partial charge on any atom is -0.289 e. The van der Waals surface area contributed by atoms with Gasteiger partial charge in [0.05, 0.1) is 5.69 Å². The predicted octanol–water partition coefficient (Wildman–Crippen LogP) is 1.39. The molecule has 1 heterocycles. The molecule has 0 amide bonds. The van der Waals surface area contributed by atoms with E-state index < -0.39 is 11.3 Å². The van der Waals surface area contributed by atoms with E-state index in [9.17, 15) is 9.00 Å². The zero-order chi connectivity index (χ0) is 12.3. The van der Waals surface area contributed by atoms with Crippen LogP contribution >= 0.6 is 0 Å². The van der Waals surface area contributed by atoms with E-state index in [0.29, 0.717) is 11.4 Å². The van der Waals surface area contributed by atoms with Crippen molar-refractivity contribution in [3.8, 4) is 5.69 Å². The molecule has 1 atom stereocenters. The minimum absolute atomic E-state index is 0.203. The lowest BCUT2D eigenvalue weighted by molar-refractivity contribution is 0.570. The Morgan fingerprint density at radius 3 is 2.47 bits per heavy atom. The smallest absolute Gasteiger partial charge is 0.259 e.